The Morgan fingerprint density at radius 3 is 2.68 bits per heavy atom. The number of fused-ring (bicyclic) bond motifs is 5. The number of carbonyl (C=O) groups excluding carboxylic acids is 2. The minimum atomic E-state index is -0.133. The maximum atomic E-state index is 12.3. The van der Waals surface area contributed by atoms with E-state index in [9.17, 15) is 9.59 Å². The van der Waals surface area contributed by atoms with Gasteiger partial charge in [-0.3, -0.25) is 4.79 Å². The van der Waals surface area contributed by atoms with Gasteiger partial charge in [0, 0.05) is 30.5 Å². The number of hydrogen-bond donors (Lipinski definition) is 0. The molecule has 1 heterocycles. The van der Waals surface area contributed by atoms with Crippen molar-refractivity contribution in [2.24, 2.45) is 28.6 Å². The van der Waals surface area contributed by atoms with E-state index in [-0.39, 0.29) is 16.8 Å². The molecule has 3 fully saturated rings. The maximum absolute atomic E-state index is 12.3. The number of nitrogens with zero attached hydrogens (tertiary/aromatic N) is 1. The van der Waals surface area contributed by atoms with Crippen LogP contribution in [0.15, 0.2) is 11.6 Å². The first kappa shape index (κ1) is 17.1. The number of rotatable bonds is 1. The van der Waals surface area contributed by atoms with Crippen LogP contribution in [0.3, 0.4) is 0 Å². The quantitative estimate of drug-likeness (QED) is 0.683. The van der Waals surface area contributed by atoms with Crippen LogP contribution in [0.25, 0.3) is 0 Å². The fraction of sp³-hybridized carbons (Fsp3) is 0.810. The molecule has 6 atom stereocenters. The maximum Gasteiger partial charge on any atom is 0.333 e. The molecule has 4 aliphatic rings. The number of hydrogen-bond acceptors (Lipinski definition) is 3. The third-order valence-corrected chi connectivity index (χ3v) is 8.54. The molecule has 0 radical (unpaired) electrons. The highest BCUT2D eigenvalue weighted by atomic mass is 16.5. The van der Waals surface area contributed by atoms with E-state index in [4.69, 9.17) is 4.74 Å². The van der Waals surface area contributed by atoms with Crippen molar-refractivity contribution in [2.75, 3.05) is 14.2 Å². The van der Waals surface area contributed by atoms with Gasteiger partial charge >= 0.3 is 5.97 Å². The summed E-state index contributed by atoms with van der Waals surface area (Å²) < 4.78 is 5.06. The van der Waals surface area contributed by atoms with E-state index in [1.54, 1.807) is 0 Å². The summed E-state index contributed by atoms with van der Waals surface area (Å²) in [6, 6.07) is 0.397. The van der Waals surface area contributed by atoms with Crippen molar-refractivity contribution >= 4 is 11.9 Å². The minimum Gasteiger partial charge on any atom is -0.466 e. The molecule has 1 unspecified atom stereocenters. The van der Waals surface area contributed by atoms with Gasteiger partial charge in [-0.25, -0.2) is 4.79 Å². The molecule has 0 aromatic rings. The molecule has 4 heteroatoms. The van der Waals surface area contributed by atoms with E-state index in [2.05, 4.69) is 19.9 Å². The van der Waals surface area contributed by atoms with E-state index in [1.165, 1.54) is 20.0 Å². The molecule has 4 rings (SSSR count). The molecular weight excluding hydrogens is 314 g/mol. The largest absolute Gasteiger partial charge is 0.466 e. The van der Waals surface area contributed by atoms with Crippen LogP contribution in [0, 0.1) is 28.6 Å². The van der Waals surface area contributed by atoms with Crippen molar-refractivity contribution < 1.29 is 14.3 Å². The zero-order valence-electron chi connectivity index (χ0n) is 16.0. The van der Waals surface area contributed by atoms with Crippen LogP contribution in [0.4, 0.5) is 0 Å². The van der Waals surface area contributed by atoms with Crippen LogP contribution >= 0.6 is 0 Å². The van der Waals surface area contributed by atoms with Gasteiger partial charge in [0.1, 0.15) is 0 Å². The first-order chi connectivity index (χ1) is 11.8. The Morgan fingerprint density at radius 2 is 1.96 bits per heavy atom. The molecular formula is C21H31NO3. The van der Waals surface area contributed by atoms with Gasteiger partial charge in [0.05, 0.1) is 7.11 Å². The van der Waals surface area contributed by atoms with Gasteiger partial charge in [-0.2, -0.15) is 0 Å². The summed E-state index contributed by atoms with van der Waals surface area (Å²) in [7, 11) is 3.50. The Morgan fingerprint density at radius 1 is 1.20 bits per heavy atom. The van der Waals surface area contributed by atoms with Crippen LogP contribution in [-0.4, -0.2) is 37.0 Å². The molecule has 2 saturated carbocycles. The zero-order chi connectivity index (χ0) is 18.0. The molecule has 1 amide bonds. The molecule has 4 nitrogen and oxygen atoms in total. The average Bonchev–Trinajstić information content (AvgIpc) is 2.95. The number of methoxy groups -OCH3 is 1. The van der Waals surface area contributed by atoms with E-state index < -0.39 is 0 Å². The van der Waals surface area contributed by atoms with Gasteiger partial charge in [0.25, 0.3) is 0 Å². The zero-order valence-corrected chi connectivity index (χ0v) is 16.0. The Balaban J connectivity index is 1.63. The second kappa shape index (κ2) is 5.59. The van der Waals surface area contributed by atoms with Crippen LogP contribution in [0.1, 0.15) is 58.8 Å². The van der Waals surface area contributed by atoms with E-state index >= 15 is 0 Å². The summed E-state index contributed by atoms with van der Waals surface area (Å²) in [5.74, 6) is 2.08. The molecule has 0 aromatic carbocycles. The van der Waals surface area contributed by atoms with Gasteiger partial charge in [0.15, 0.2) is 0 Å². The first-order valence-electron chi connectivity index (χ1n) is 9.87. The second-order valence-corrected chi connectivity index (χ2v) is 9.28. The molecule has 1 saturated heterocycles. The summed E-state index contributed by atoms with van der Waals surface area (Å²) in [6.45, 7) is 4.72. The van der Waals surface area contributed by atoms with Crippen LogP contribution in [0.2, 0.25) is 0 Å². The standard InChI is InChI=1S/C21H31NO3/c1-20-11-9-15-13(14(20)6-7-16(20)19(24)25-4)5-8-17-21(15,2)12-10-18(23)22(17)3/h7,13-15,17H,5-6,8-12H2,1-4H3/t13-,14-,15-,17?,20-,21+/m0/s1. The SMILES string of the molecule is COC(=O)C1=CC[C@H]2[C@@H]3CCC4N(C)C(=O)CC[C@]4(C)[C@H]3CC[C@]12C. The molecule has 25 heavy (non-hydrogen) atoms. The summed E-state index contributed by atoms with van der Waals surface area (Å²) >= 11 is 0. The number of esters is 1. The Bertz CT molecular complexity index is 641. The van der Waals surface area contributed by atoms with Crippen molar-refractivity contribution in [1.29, 1.82) is 0 Å². The lowest BCUT2D eigenvalue weighted by Crippen LogP contribution is -2.61. The van der Waals surface area contributed by atoms with Gasteiger partial charge in [0.2, 0.25) is 5.91 Å². The van der Waals surface area contributed by atoms with Crippen LogP contribution in [-0.2, 0) is 14.3 Å². The van der Waals surface area contributed by atoms with Crippen LogP contribution < -0.4 is 0 Å². The number of likely N-dealkylation sites (tertiary alicyclic amines) is 1. The number of ether oxygens (including phenoxy) is 1. The number of allylic oxidation sites excluding steroid dienone is 1. The summed E-state index contributed by atoms with van der Waals surface area (Å²) in [6.07, 6.45) is 9.43. The van der Waals surface area contributed by atoms with Crippen molar-refractivity contribution in [3.8, 4) is 0 Å². The fourth-order valence-electron chi connectivity index (χ4n) is 7.14. The lowest BCUT2D eigenvalue weighted by molar-refractivity contribution is -0.157. The molecule has 1 aliphatic heterocycles. The fourth-order valence-corrected chi connectivity index (χ4v) is 7.14. The topological polar surface area (TPSA) is 46.6 Å². The highest BCUT2D eigenvalue weighted by molar-refractivity contribution is 5.90. The highest BCUT2D eigenvalue weighted by Crippen LogP contribution is 2.64. The Labute approximate surface area is 151 Å². The molecule has 3 aliphatic carbocycles. The molecule has 0 aromatic heterocycles. The third kappa shape index (κ3) is 2.18. The summed E-state index contributed by atoms with van der Waals surface area (Å²) in [5.41, 5.74) is 1.14. The van der Waals surface area contributed by atoms with Crippen LogP contribution in [0.5, 0.6) is 0 Å². The van der Waals surface area contributed by atoms with Gasteiger partial charge in [-0.05, 0) is 61.7 Å². The van der Waals surface area contributed by atoms with Gasteiger partial charge in [-0.15, -0.1) is 0 Å². The van der Waals surface area contributed by atoms with Gasteiger partial charge < -0.3 is 9.64 Å². The summed E-state index contributed by atoms with van der Waals surface area (Å²) in [5, 5.41) is 0. The van der Waals surface area contributed by atoms with Gasteiger partial charge in [-0.1, -0.05) is 19.9 Å². The van der Waals surface area contributed by atoms with Crippen molar-refractivity contribution in [1.82, 2.24) is 4.90 Å². The predicted molar refractivity (Wildman–Crippen MR) is 95.7 cm³/mol. The van der Waals surface area contributed by atoms with Crippen molar-refractivity contribution in [3.63, 3.8) is 0 Å². The third-order valence-electron chi connectivity index (χ3n) is 8.54. The van der Waals surface area contributed by atoms with E-state index in [0.717, 1.165) is 31.3 Å². The average molecular weight is 345 g/mol. The normalized spacial score (nSPS) is 46.0. The number of amides is 1. The minimum absolute atomic E-state index is 0.0200. The molecule has 0 spiro atoms. The highest BCUT2D eigenvalue weighted by Gasteiger charge is 2.60. The second-order valence-electron chi connectivity index (χ2n) is 9.28. The number of piperidine rings is 1. The van der Waals surface area contributed by atoms with Crippen molar-refractivity contribution in [3.05, 3.63) is 11.6 Å². The lowest BCUT2D eigenvalue weighted by Gasteiger charge is -2.61. The van der Waals surface area contributed by atoms with E-state index in [1.807, 2.05) is 11.9 Å². The monoisotopic (exact) mass is 345 g/mol. The number of carbonyl (C=O) groups is 2. The predicted octanol–water partition coefficient (Wildman–Crippen LogP) is 3.56. The van der Waals surface area contributed by atoms with Crippen molar-refractivity contribution in [2.45, 2.75) is 64.8 Å². The Hall–Kier alpha value is -1.32. The molecule has 138 valence electrons. The first-order valence-corrected chi connectivity index (χ1v) is 9.87. The van der Waals surface area contributed by atoms with E-state index in [0.29, 0.717) is 36.1 Å². The lowest BCUT2D eigenvalue weighted by atomic mass is 9.47. The summed E-state index contributed by atoms with van der Waals surface area (Å²) in [4.78, 5) is 26.5. The molecule has 0 N–H and O–H groups in total. The smallest absolute Gasteiger partial charge is 0.333 e. The Kier molecular flexibility index (Phi) is 3.82. The molecule has 0 bridgehead atoms.